The molecular weight excluding hydrogens is 182 g/mol. The van der Waals surface area contributed by atoms with Crippen LogP contribution in [0.2, 0.25) is 0 Å². The Hall–Kier alpha value is -1.71. The maximum absolute atomic E-state index is 11.3. The summed E-state index contributed by atoms with van der Waals surface area (Å²) in [6.07, 6.45) is 0. The molecule has 1 aromatic rings. The van der Waals surface area contributed by atoms with Crippen molar-refractivity contribution in [2.24, 2.45) is 0 Å². The van der Waals surface area contributed by atoms with Crippen molar-refractivity contribution in [3.63, 3.8) is 0 Å². The smallest absolute Gasteiger partial charge is 0.340 e. The number of nitrogen functional groups attached to an aromatic ring is 1. The van der Waals surface area contributed by atoms with E-state index in [-0.39, 0.29) is 0 Å². The van der Waals surface area contributed by atoms with Crippen molar-refractivity contribution in [2.45, 2.75) is 6.92 Å². The van der Waals surface area contributed by atoms with Crippen LogP contribution in [0.1, 0.15) is 15.9 Å². The minimum absolute atomic E-state index is 0.319. The molecule has 0 spiro atoms. The van der Waals surface area contributed by atoms with E-state index in [1.54, 1.807) is 12.1 Å². The summed E-state index contributed by atoms with van der Waals surface area (Å²) in [5.41, 5.74) is 7.28. The van der Waals surface area contributed by atoms with Crippen molar-refractivity contribution < 1.29 is 14.3 Å². The lowest BCUT2D eigenvalue weighted by atomic mass is 10.1. The van der Waals surface area contributed by atoms with Gasteiger partial charge >= 0.3 is 5.97 Å². The number of methoxy groups -OCH3 is 2. The number of carbonyl (C=O) groups is 1. The summed E-state index contributed by atoms with van der Waals surface area (Å²) in [7, 11) is 2.83. The predicted molar refractivity (Wildman–Crippen MR) is 53.5 cm³/mol. The first-order valence-electron chi connectivity index (χ1n) is 4.13. The van der Waals surface area contributed by atoms with Gasteiger partial charge < -0.3 is 15.2 Å². The van der Waals surface area contributed by atoms with E-state index in [0.717, 1.165) is 5.56 Å². The average molecular weight is 195 g/mol. The van der Waals surface area contributed by atoms with Gasteiger partial charge in [0.2, 0.25) is 0 Å². The maximum atomic E-state index is 11.3. The molecule has 0 heterocycles. The van der Waals surface area contributed by atoms with Crippen molar-refractivity contribution in [1.82, 2.24) is 0 Å². The molecule has 0 unspecified atom stereocenters. The minimum atomic E-state index is -0.458. The summed E-state index contributed by atoms with van der Waals surface area (Å²) >= 11 is 0. The molecule has 14 heavy (non-hydrogen) atoms. The molecule has 0 saturated carbocycles. The van der Waals surface area contributed by atoms with Crippen LogP contribution in [0, 0.1) is 6.92 Å². The van der Waals surface area contributed by atoms with Crippen LogP contribution in [0.25, 0.3) is 0 Å². The SMILES string of the molecule is COC(=O)c1ccc(C)c(OC)c1N. The highest BCUT2D eigenvalue weighted by Crippen LogP contribution is 2.29. The Morgan fingerprint density at radius 3 is 2.50 bits per heavy atom. The zero-order valence-corrected chi connectivity index (χ0v) is 8.46. The van der Waals surface area contributed by atoms with Gasteiger partial charge in [0.05, 0.1) is 25.5 Å². The first-order valence-corrected chi connectivity index (χ1v) is 4.13. The first kappa shape index (κ1) is 10.4. The van der Waals surface area contributed by atoms with E-state index in [2.05, 4.69) is 4.74 Å². The number of rotatable bonds is 2. The van der Waals surface area contributed by atoms with Crippen LogP contribution in [0.3, 0.4) is 0 Å². The highest BCUT2D eigenvalue weighted by atomic mass is 16.5. The minimum Gasteiger partial charge on any atom is -0.494 e. The quantitative estimate of drug-likeness (QED) is 0.572. The van der Waals surface area contributed by atoms with Gasteiger partial charge in [0.15, 0.2) is 0 Å². The summed E-state index contributed by atoms with van der Waals surface area (Å²) in [6, 6.07) is 3.39. The van der Waals surface area contributed by atoms with Crippen LogP contribution in [0.4, 0.5) is 5.69 Å². The molecule has 0 amide bonds. The van der Waals surface area contributed by atoms with Crippen LogP contribution in [0.5, 0.6) is 5.75 Å². The van der Waals surface area contributed by atoms with Gasteiger partial charge in [0.1, 0.15) is 5.75 Å². The maximum Gasteiger partial charge on any atom is 0.340 e. The third-order valence-corrected chi connectivity index (χ3v) is 2.00. The number of hydrogen-bond acceptors (Lipinski definition) is 4. The van der Waals surface area contributed by atoms with Gasteiger partial charge in [-0.15, -0.1) is 0 Å². The number of nitrogens with two attached hydrogens (primary N) is 1. The zero-order valence-electron chi connectivity index (χ0n) is 8.46. The summed E-state index contributed by atoms with van der Waals surface area (Å²) in [5, 5.41) is 0. The fourth-order valence-electron chi connectivity index (χ4n) is 1.27. The summed E-state index contributed by atoms with van der Waals surface area (Å²) < 4.78 is 9.66. The van der Waals surface area contributed by atoms with Gasteiger partial charge in [-0.05, 0) is 18.6 Å². The second-order valence-corrected chi connectivity index (χ2v) is 2.87. The molecular formula is C10H13NO3. The molecule has 0 aliphatic rings. The van der Waals surface area contributed by atoms with Gasteiger partial charge in [-0.2, -0.15) is 0 Å². The van der Waals surface area contributed by atoms with E-state index >= 15 is 0 Å². The third-order valence-electron chi connectivity index (χ3n) is 2.00. The first-order chi connectivity index (χ1) is 6.61. The average Bonchev–Trinajstić information content (AvgIpc) is 2.18. The molecule has 2 N–H and O–H groups in total. The number of benzene rings is 1. The van der Waals surface area contributed by atoms with E-state index < -0.39 is 5.97 Å². The topological polar surface area (TPSA) is 61.5 Å². The van der Waals surface area contributed by atoms with Crippen LogP contribution in [-0.2, 0) is 4.74 Å². The number of aryl methyl sites for hydroxylation is 1. The Balaban J connectivity index is 3.28. The van der Waals surface area contributed by atoms with Gasteiger partial charge in [-0.1, -0.05) is 6.07 Å². The largest absolute Gasteiger partial charge is 0.494 e. The molecule has 76 valence electrons. The summed E-state index contributed by atoms with van der Waals surface area (Å²) in [6.45, 7) is 1.86. The summed E-state index contributed by atoms with van der Waals surface area (Å²) in [4.78, 5) is 11.3. The van der Waals surface area contributed by atoms with Crippen molar-refractivity contribution in [3.05, 3.63) is 23.3 Å². The molecule has 1 rings (SSSR count). The fourth-order valence-corrected chi connectivity index (χ4v) is 1.27. The normalized spacial score (nSPS) is 9.64. The Labute approximate surface area is 82.6 Å². The van der Waals surface area contributed by atoms with Crippen molar-refractivity contribution in [3.8, 4) is 5.75 Å². The summed E-state index contributed by atoms with van der Waals surface area (Å²) in [5.74, 6) is 0.0636. The zero-order chi connectivity index (χ0) is 10.7. The van der Waals surface area contributed by atoms with Crippen LogP contribution < -0.4 is 10.5 Å². The highest BCUT2D eigenvalue weighted by Gasteiger charge is 2.14. The van der Waals surface area contributed by atoms with E-state index in [4.69, 9.17) is 10.5 Å². The molecule has 0 atom stereocenters. The molecule has 4 heteroatoms. The lowest BCUT2D eigenvalue weighted by Crippen LogP contribution is -2.07. The van der Waals surface area contributed by atoms with E-state index in [1.165, 1.54) is 14.2 Å². The van der Waals surface area contributed by atoms with Crippen molar-refractivity contribution >= 4 is 11.7 Å². The Kier molecular flexibility index (Phi) is 2.96. The van der Waals surface area contributed by atoms with Gasteiger partial charge in [-0.25, -0.2) is 4.79 Å². The van der Waals surface area contributed by atoms with Crippen LogP contribution >= 0.6 is 0 Å². The number of carbonyl (C=O) groups excluding carboxylic acids is 1. The number of esters is 1. The molecule has 0 saturated heterocycles. The lowest BCUT2D eigenvalue weighted by molar-refractivity contribution is 0.0601. The van der Waals surface area contributed by atoms with Gasteiger partial charge in [-0.3, -0.25) is 0 Å². The second-order valence-electron chi connectivity index (χ2n) is 2.87. The Morgan fingerprint density at radius 1 is 1.36 bits per heavy atom. The monoisotopic (exact) mass is 195 g/mol. The van der Waals surface area contributed by atoms with Crippen molar-refractivity contribution in [1.29, 1.82) is 0 Å². The molecule has 1 aromatic carbocycles. The second kappa shape index (κ2) is 4.00. The molecule has 0 aliphatic heterocycles. The van der Waals surface area contributed by atoms with E-state index in [9.17, 15) is 4.79 Å². The van der Waals surface area contributed by atoms with E-state index in [0.29, 0.717) is 17.0 Å². The van der Waals surface area contributed by atoms with Gasteiger partial charge in [0, 0.05) is 0 Å². The molecule has 0 fully saturated rings. The molecule has 0 aromatic heterocycles. The van der Waals surface area contributed by atoms with Crippen molar-refractivity contribution in [2.75, 3.05) is 20.0 Å². The Bertz CT molecular complexity index is 361. The van der Waals surface area contributed by atoms with Gasteiger partial charge in [0.25, 0.3) is 0 Å². The standard InChI is InChI=1S/C10H13NO3/c1-6-4-5-7(10(12)14-3)8(11)9(6)13-2/h4-5H,11H2,1-3H3. The molecule has 0 aliphatic carbocycles. The number of ether oxygens (including phenoxy) is 2. The molecule has 4 nitrogen and oxygen atoms in total. The van der Waals surface area contributed by atoms with Crippen LogP contribution in [0.15, 0.2) is 12.1 Å². The number of anilines is 1. The molecule has 0 radical (unpaired) electrons. The number of hydrogen-bond donors (Lipinski definition) is 1. The highest BCUT2D eigenvalue weighted by molar-refractivity contribution is 5.96. The fraction of sp³-hybridized carbons (Fsp3) is 0.300. The third kappa shape index (κ3) is 1.64. The van der Waals surface area contributed by atoms with Crippen LogP contribution in [-0.4, -0.2) is 20.2 Å². The van der Waals surface area contributed by atoms with E-state index in [1.807, 2.05) is 6.92 Å². The lowest BCUT2D eigenvalue weighted by Gasteiger charge is -2.10. The Morgan fingerprint density at radius 2 is 2.00 bits per heavy atom. The molecule has 0 bridgehead atoms. The predicted octanol–water partition coefficient (Wildman–Crippen LogP) is 1.37.